The number of rotatable bonds is 3. The van der Waals surface area contributed by atoms with E-state index >= 15 is 0 Å². The second-order valence-corrected chi connectivity index (χ2v) is 4.92. The van der Waals surface area contributed by atoms with Crippen LogP contribution < -0.4 is 5.32 Å². The molecular formula is C11H13BrClN. The Labute approximate surface area is 98.0 Å². The van der Waals surface area contributed by atoms with E-state index in [0.29, 0.717) is 0 Å². The number of hydrogen-bond donors (Lipinski definition) is 1. The molecule has 1 aliphatic rings. The molecule has 0 aromatic heterocycles. The van der Waals surface area contributed by atoms with Crippen molar-refractivity contribution in [3.8, 4) is 0 Å². The van der Waals surface area contributed by atoms with Crippen molar-refractivity contribution in [2.45, 2.75) is 31.8 Å². The van der Waals surface area contributed by atoms with E-state index in [0.717, 1.165) is 22.1 Å². The van der Waals surface area contributed by atoms with E-state index in [1.165, 1.54) is 24.8 Å². The van der Waals surface area contributed by atoms with E-state index in [4.69, 9.17) is 11.6 Å². The Bertz CT molecular complexity index is 323. The normalized spacial score (nSPS) is 16.7. The van der Waals surface area contributed by atoms with Crippen molar-refractivity contribution in [1.29, 1.82) is 0 Å². The number of benzene rings is 1. The first-order valence-corrected chi connectivity index (χ1v) is 6.11. The molecule has 0 heterocycles. The van der Waals surface area contributed by atoms with Crippen molar-refractivity contribution in [3.05, 3.63) is 33.3 Å². The molecule has 1 nitrogen and oxygen atoms in total. The van der Waals surface area contributed by atoms with Crippen molar-refractivity contribution in [3.63, 3.8) is 0 Å². The van der Waals surface area contributed by atoms with Crippen LogP contribution in [0.3, 0.4) is 0 Å². The zero-order valence-electron chi connectivity index (χ0n) is 7.89. The molecule has 76 valence electrons. The first-order valence-electron chi connectivity index (χ1n) is 4.93. The maximum absolute atomic E-state index is 6.00. The van der Waals surface area contributed by atoms with Crippen molar-refractivity contribution in [2.24, 2.45) is 0 Å². The van der Waals surface area contributed by atoms with Crippen LogP contribution in [0, 0.1) is 0 Å². The average Bonchev–Trinajstić information content (AvgIpc) is 2.09. The minimum atomic E-state index is 0.723. The number of hydrogen-bond acceptors (Lipinski definition) is 1. The summed E-state index contributed by atoms with van der Waals surface area (Å²) in [5.41, 5.74) is 1.24. The number of nitrogens with one attached hydrogen (secondary N) is 1. The third-order valence-electron chi connectivity index (χ3n) is 2.72. The van der Waals surface area contributed by atoms with Gasteiger partial charge in [0.1, 0.15) is 0 Å². The van der Waals surface area contributed by atoms with Crippen LogP contribution in [0.25, 0.3) is 0 Å². The first kappa shape index (κ1) is 10.5. The van der Waals surface area contributed by atoms with Gasteiger partial charge in [0.15, 0.2) is 0 Å². The predicted octanol–water partition coefficient (Wildman–Crippen LogP) is 3.74. The maximum atomic E-state index is 6.00. The molecular weight excluding hydrogens is 261 g/mol. The summed E-state index contributed by atoms with van der Waals surface area (Å²) in [4.78, 5) is 0. The Morgan fingerprint density at radius 3 is 2.86 bits per heavy atom. The fourth-order valence-corrected chi connectivity index (χ4v) is 2.15. The molecule has 1 aromatic rings. The van der Waals surface area contributed by atoms with Crippen LogP contribution in [0.15, 0.2) is 22.7 Å². The molecule has 0 atom stereocenters. The van der Waals surface area contributed by atoms with Gasteiger partial charge in [-0.15, -0.1) is 0 Å². The summed E-state index contributed by atoms with van der Waals surface area (Å²) in [5.74, 6) is 0. The largest absolute Gasteiger partial charge is 0.310 e. The van der Waals surface area contributed by atoms with E-state index in [-0.39, 0.29) is 0 Å². The Morgan fingerprint density at radius 2 is 2.21 bits per heavy atom. The van der Waals surface area contributed by atoms with Gasteiger partial charge in [-0.25, -0.2) is 0 Å². The second kappa shape index (κ2) is 4.65. The van der Waals surface area contributed by atoms with Crippen molar-refractivity contribution in [1.82, 2.24) is 5.32 Å². The molecule has 1 saturated carbocycles. The molecule has 1 N–H and O–H groups in total. The summed E-state index contributed by atoms with van der Waals surface area (Å²) in [6.07, 6.45) is 4.00. The molecule has 3 heteroatoms. The highest BCUT2D eigenvalue weighted by Gasteiger charge is 2.16. The summed E-state index contributed by atoms with van der Waals surface area (Å²) in [5, 5.41) is 4.30. The molecule has 1 fully saturated rings. The fraction of sp³-hybridized carbons (Fsp3) is 0.455. The molecule has 1 aliphatic carbocycles. The molecule has 0 saturated heterocycles. The maximum Gasteiger partial charge on any atom is 0.0551 e. The van der Waals surface area contributed by atoms with Crippen molar-refractivity contribution < 1.29 is 0 Å². The van der Waals surface area contributed by atoms with E-state index in [1.807, 2.05) is 12.1 Å². The van der Waals surface area contributed by atoms with E-state index in [2.05, 4.69) is 27.3 Å². The van der Waals surface area contributed by atoms with E-state index in [1.54, 1.807) is 0 Å². The van der Waals surface area contributed by atoms with Crippen LogP contribution in [0.5, 0.6) is 0 Å². The Morgan fingerprint density at radius 1 is 1.43 bits per heavy atom. The third kappa shape index (κ3) is 2.30. The lowest BCUT2D eigenvalue weighted by molar-refractivity contribution is 0.338. The molecule has 0 aliphatic heterocycles. The molecule has 0 bridgehead atoms. The van der Waals surface area contributed by atoms with Crippen molar-refractivity contribution in [2.75, 3.05) is 0 Å². The molecule has 0 amide bonds. The summed E-state index contributed by atoms with van der Waals surface area (Å²) < 4.78 is 1.02. The van der Waals surface area contributed by atoms with E-state index in [9.17, 15) is 0 Å². The smallest absolute Gasteiger partial charge is 0.0551 e. The van der Waals surface area contributed by atoms with Gasteiger partial charge in [-0.1, -0.05) is 30.2 Å². The highest BCUT2D eigenvalue weighted by Crippen LogP contribution is 2.26. The SMILES string of the molecule is Clc1cccc(CNC2CCC2)c1Br. The van der Waals surface area contributed by atoms with E-state index < -0.39 is 0 Å². The van der Waals surface area contributed by atoms with Crippen LogP contribution in [0.4, 0.5) is 0 Å². The quantitative estimate of drug-likeness (QED) is 0.885. The summed E-state index contributed by atoms with van der Waals surface area (Å²) in [7, 11) is 0. The molecule has 2 rings (SSSR count). The van der Waals surface area contributed by atoms with Gasteiger partial charge < -0.3 is 5.32 Å². The molecule has 0 radical (unpaired) electrons. The zero-order valence-corrected chi connectivity index (χ0v) is 10.2. The highest BCUT2D eigenvalue weighted by molar-refractivity contribution is 9.10. The van der Waals surface area contributed by atoms with Crippen LogP contribution in [-0.2, 0) is 6.54 Å². The van der Waals surface area contributed by atoms with Gasteiger partial charge in [-0.05, 0) is 40.4 Å². The van der Waals surface area contributed by atoms with Gasteiger partial charge in [0.2, 0.25) is 0 Å². The lowest BCUT2D eigenvalue weighted by Gasteiger charge is -2.26. The summed E-state index contributed by atoms with van der Waals surface area (Å²) in [6.45, 7) is 0.909. The lowest BCUT2D eigenvalue weighted by Crippen LogP contribution is -2.34. The molecule has 1 aromatic carbocycles. The average molecular weight is 275 g/mol. The van der Waals surface area contributed by atoms with Crippen LogP contribution in [-0.4, -0.2) is 6.04 Å². The molecule has 14 heavy (non-hydrogen) atoms. The van der Waals surface area contributed by atoms with Gasteiger partial charge in [0.25, 0.3) is 0 Å². The predicted molar refractivity (Wildman–Crippen MR) is 63.6 cm³/mol. The number of halogens is 2. The van der Waals surface area contributed by atoms with Gasteiger partial charge in [-0.2, -0.15) is 0 Å². The van der Waals surface area contributed by atoms with Gasteiger partial charge in [-0.3, -0.25) is 0 Å². The highest BCUT2D eigenvalue weighted by atomic mass is 79.9. The zero-order chi connectivity index (χ0) is 9.97. The van der Waals surface area contributed by atoms with Gasteiger partial charge >= 0.3 is 0 Å². The lowest BCUT2D eigenvalue weighted by atomic mass is 9.93. The molecule has 0 unspecified atom stereocenters. The summed E-state index contributed by atoms with van der Waals surface area (Å²) >= 11 is 9.50. The Balaban J connectivity index is 1.97. The fourth-order valence-electron chi connectivity index (χ4n) is 1.55. The van der Waals surface area contributed by atoms with Crippen LogP contribution in [0.2, 0.25) is 5.02 Å². The van der Waals surface area contributed by atoms with Crippen LogP contribution in [0.1, 0.15) is 24.8 Å². The topological polar surface area (TPSA) is 12.0 Å². The summed E-state index contributed by atoms with van der Waals surface area (Å²) in [6, 6.07) is 6.71. The second-order valence-electron chi connectivity index (χ2n) is 3.72. The Hall–Kier alpha value is -0.0500. The first-order chi connectivity index (χ1) is 6.77. The molecule has 0 spiro atoms. The Kier molecular flexibility index (Phi) is 3.47. The van der Waals surface area contributed by atoms with Gasteiger partial charge in [0.05, 0.1) is 5.02 Å². The monoisotopic (exact) mass is 273 g/mol. The van der Waals surface area contributed by atoms with Gasteiger partial charge in [0, 0.05) is 17.1 Å². The minimum Gasteiger partial charge on any atom is -0.310 e. The third-order valence-corrected chi connectivity index (χ3v) is 4.20. The standard InChI is InChI=1S/C11H13BrClN/c12-11-8(3-1-6-10(11)13)7-14-9-4-2-5-9/h1,3,6,9,14H,2,4-5,7H2. The van der Waals surface area contributed by atoms with Crippen LogP contribution >= 0.6 is 27.5 Å². The van der Waals surface area contributed by atoms with Crippen molar-refractivity contribution >= 4 is 27.5 Å². The minimum absolute atomic E-state index is 0.723.